The summed E-state index contributed by atoms with van der Waals surface area (Å²) in [6.45, 7) is 11.0. The average Bonchev–Trinajstić information content (AvgIpc) is 3.03. The van der Waals surface area contributed by atoms with Crippen LogP contribution in [0.3, 0.4) is 0 Å². The van der Waals surface area contributed by atoms with Crippen LogP contribution < -0.4 is 10.2 Å². The van der Waals surface area contributed by atoms with E-state index in [-0.39, 0.29) is 0 Å². The highest BCUT2D eigenvalue weighted by Crippen LogP contribution is 2.25. The van der Waals surface area contributed by atoms with Crippen molar-refractivity contribution in [2.75, 3.05) is 44.7 Å². The molecule has 1 fully saturated rings. The molecule has 1 aliphatic heterocycles. The molecule has 0 bridgehead atoms. The zero-order chi connectivity index (χ0) is 13.7. The van der Waals surface area contributed by atoms with Crippen molar-refractivity contribution in [3.63, 3.8) is 0 Å². The molecule has 1 aromatic heterocycles. The van der Waals surface area contributed by atoms with Gasteiger partial charge in [-0.15, -0.1) is 11.3 Å². The number of hydrogen-bond donors (Lipinski definition) is 1. The van der Waals surface area contributed by atoms with Crippen molar-refractivity contribution in [3.05, 3.63) is 10.6 Å². The predicted octanol–water partition coefficient (Wildman–Crippen LogP) is 2.09. The molecule has 0 spiro atoms. The Kier molecular flexibility index (Phi) is 5.60. The molecule has 5 heteroatoms. The SMILES string of the molecule is CCNCc1sc(N(C)CCN2CCCC2)nc1C. The Morgan fingerprint density at radius 2 is 2.11 bits per heavy atom. The third-order valence-corrected chi connectivity index (χ3v) is 4.97. The number of thiazole rings is 1. The van der Waals surface area contributed by atoms with Crippen molar-refractivity contribution in [1.82, 2.24) is 15.2 Å². The van der Waals surface area contributed by atoms with E-state index in [1.54, 1.807) is 0 Å². The second-order valence-electron chi connectivity index (χ2n) is 5.26. The van der Waals surface area contributed by atoms with Crippen LogP contribution in [0.5, 0.6) is 0 Å². The van der Waals surface area contributed by atoms with E-state index >= 15 is 0 Å². The Balaban J connectivity index is 1.85. The van der Waals surface area contributed by atoms with Gasteiger partial charge in [0.15, 0.2) is 5.13 Å². The molecule has 1 saturated heterocycles. The first-order valence-corrected chi connectivity index (χ1v) is 8.13. The minimum Gasteiger partial charge on any atom is -0.350 e. The van der Waals surface area contributed by atoms with E-state index in [2.05, 4.69) is 36.0 Å². The van der Waals surface area contributed by atoms with Crippen LogP contribution in [0, 0.1) is 6.92 Å². The van der Waals surface area contributed by atoms with Crippen molar-refractivity contribution in [1.29, 1.82) is 0 Å². The van der Waals surface area contributed by atoms with Crippen LogP contribution in [-0.4, -0.2) is 49.7 Å². The van der Waals surface area contributed by atoms with E-state index in [4.69, 9.17) is 4.98 Å². The van der Waals surface area contributed by atoms with Gasteiger partial charge in [0.1, 0.15) is 0 Å². The van der Waals surface area contributed by atoms with Gasteiger partial charge in [-0.1, -0.05) is 6.92 Å². The van der Waals surface area contributed by atoms with Crippen LogP contribution in [0.1, 0.15) is 30.3 Å². The van der Waals surface area contributed by atoms with Gasteiger partial charge >= 0.3 is 0 Å². The minimum absolute atomic E-state index is 0.944. The van der Waals surface area contributed by atoms with E-state index in [0.29, 0.717) is 0 Å². The molecule has 0 unspecified atom stereocenters. The van der Waals surface area contributed by atoms with Crippen LogP contribution in [0.4, 0.5) is 5.13 Å². The monoisotopic (exact) mass is 282 g/mol. The molecule has 19 heavy (non-hydrogen) atoms. The molecular formula is C14H26N4S. The van der Waals surface area contributed by atoms with Crippen molar-refractivity contribution >= 4 is 16.5 Å². The van der Waals surface area contributed by atoms with Crippen LogP contribution in [-0.2, 0) is 6.54 Å². The summed E-state index contributed by atoms with van der Waals surface area (Å²) in [5, 5.41) is 4.54. The molecule has 1 aromatic rings. The molecule has 4 nitrogen and oxygen atoms in total. The number of aryl methyl sites for hydroxylation is 1. The van der Waals surface area contributed by atoms with E-state index in [9.17, 15) is 0 Å². The molecule has 108 valence electrons. The van der Waals surface area contributed by atoms with Gasteiger partial charge in [-0.25, -0.2) is 4.98 Å². The van der Waals surface area contributed by atoms with Crippen molar-refractivity contribution in [2.24, 2.45) is 0 Å². The van der Waals surface area contributed by atoms with Crippen molar-refractivity contribution in [3.8, 4) is 0 Å². The summed E-state index contributed by atoms with van der Waals surface area (Å²) in [6.07, 6.45) is 2.74. The fraction of sp³-hybridized carbons (Fsp3) is 0.786. The lowest BCUT2D eigenvalue weighted by atomic mass is 10.4. The van der Waals surface area contributed by atoms with Gasteiger partial charge in [0.05, 0.1) is 5.69 Å². The Labute approximate surface area is 120 Å². The number of rotatable bonds is 7. The maximum Gasteiger partial charge on any atom is 0.185 e. The van der Waals surface area contributed by atoms with E-state index in [1.807, 2.05) is 11.3 Å². The largest absolute Gasteiger partial charge is 0.350 e. The van der Waals surface area contributed by atoms with Crippen molar-refractivity contribution < 1.29 is 0 Å². The Morgan fingerprint density at radius 1 is 1.37 bits per heavy atom. The number of anilines is 1. The number of likely N-dealkylation sites (N-methyl/N-ethyl adjacent to an activating group) is 1. The summed E-state index contributed by atoms with van der Waals surface area (Å²) in [5.41, 5.74) is 1.17. The second-order valence-corrected chi connectivity index (χ2v) is 6.32. The summed E-state index contributed by atoms with van der Waals surface area (Å²) in [5.74, 6) is 0. The Morgan fingerprint density at radius 3 is 2.79 bits per heavy atom. The number of hydrogen-bond acceptors (Lipinski definition) is 5. The number of nitrogens with one attached hydrogen (secondary N) is 1. The van der Waals surface area contributed by atoms with Gasteiger partial charge in [-0.05, 0) is 39.4 Å². The Hall–Kier alpha value is -0.650. The fourth-order valence-corrected chi connectivity index (χ4v) is 3.39. The molecule has 2 rings (SSSR count). The maximum atomic E-state index is 4.69. The minimum atomic E-state index is 0.944. The van der Waals surface area contributed by atoms with Crippen LogP contribution >= 0.6 is 11.3 Å². The Bertz CT molecular complexity index is 385. The molecule has 2 heterocycles. The van der Waals surface area contributed by atoms with Gasteiger partial charge in [0.25, 0.3) is 0 Å². The second kappa shape index (κ2) is 7.22. The summed E-state index contributed by atoms with van der Waals surface area (Å²) < 4.78 is 0. The first-order chi connectivity index (χ1) is 9.20. The van der Waals surface area contributed by atoms with Crippen LogP contribution in [0.2, 0.25) is 0 Å². The standard InChI is InChI=1S/C14H26N4S/c1-4-15-11-13-12(2)16-14(19-13)17(3)9-10-18-7-5-6-8-18/h15H,4-11H2,1-3H3. The summed E-state index contributed by atoms with van der Waals surface area (Å²) in [4.78, 5) is 10.9. The lowest BCUT2D eigenvalue weighted by Gasteiger charge is -2.20. The first kappa shape index (κ1) is 14.8. The van der Waals surface area contributed by atoms with Crippen molar-refractivity contribution in [2.45, 2.75) is 33.2 Å². The smallest absolute Gasteiger partial charge is 0.185 e. The van der Waals surface area contributed by atoms with Crippen LogP contribution in [0.15, 0.2) is 0 Å². The summed E-state index contributed by atoms with van der Waals surface area (Å²) in [6, 6.07) is 0. The van der Waals surface area contributed by atoms with Crippen LogP contribution in [0.25, 0.3) is 0 Å². The van der Waals surface area contributed by atoms with Gasteiger partial charge < -0.3 is 15.1 Å². The zero-order valence-corrected chi connectivity index (χ0v) is 13.2. The lowest BCUT2D eigenvalue weighted by molar-refractivity contribution is 0.346. The van der Waals surface area contributed by atoms with Gasteiger partial charge in [0, 0.05) is 31.6 Å². The topological polar surface area (TPSA) is 31.4 Å². The normalized spacial score (nSPS) is 16.2. The van der Waals surface area contributed by atoms with E-state index < -0.39 is 0 Å². The molecule has 1 N–H and O–H groups in total. The molecule has 0 radical (unpaired) electrons. The van der Waals surface area contributed by atoms with Gasteiger partial charge in [-0.2, -0.15) is 0 Å². The molecule has 0 aromatic carbocycles. The zero-order valence-electron chi connectivity index (χ0n) is 12.4. The molecule has 1 aliphatic rings. The fourth-order valence-electron chi connectivity index (χ4n) is 2.37. The highest BCUT2D eigenvalue weighted by molar-refractivity contribution is 7.15. The maximum absolute atomic E-state index is 4.69. The third kappa shape index (κ3) is 4.16. The number of nitrogens with zero attached hydrogens (tertiary/aromatic N) is 3. The average molecular weight is 282 g/mol. The number of aromatic nitrogens is 1. The lowest BCUT2D eigenvalue weighted by Crippen LogP contribution is -2.31. The molecule has 0 aliphatic carbocycles. The van der Waals surface area contributed by atoms with Gasteiger partial charge in [-0.3, -0.25) is 0 Å². The van der Waals surface area contributed by atoms with Gasteiger partial charge in [0.2, 0.25) is 0 Å². The summed E-state index contributed by atoms with van der Waals surface area (Å²) >= 11 is 1.82. The highest BCUT2D eigenvalue weighted by atomic mass is 32.1. The molecule has 0 saturated carbocycles. The quantitative estimate of drug-likeness (QED) is 0.830. The first-order valence-electron chi connectivity index (χ1n) is 7.31. The molecule has 0 amide bonds. The summed E-state index contributed by atoms with van der Waals surface area (Å²) in [7, 11) is 2.16. The van der Waals surface area contributed by atoms with E-state index in [0.717, 1.165) is 31.3 Å². The predicted molar refractivity (Wildman–Crippen MR) is 83.2 cm³/mol. The molecular weight excluding hydrogens is 256 g/mol. The molecule has 0 atom stereocenters. The number of likely N-dealkylation sites (tertiary alicyclic amines) is 1. The van der Waals surface area contributed by atoms with E-state index in [1.165, 1.54) is 36.5 Å². The highest BCUT2D eigenvalue weighted by Gasteiger charge is 2.14. The third-order valence-electron chi connectivity index (χ3n) is 3.69.